The van der Waals surface area contributed by atoms with E-state index in [9.17, 15) is 4.79 Å². The molecule has 122 valence electrons. The summed E-state index contributed by atoms with van der Waals surface area (Å²) in [6.45, 7) is 10.5. The van der Waals surface area contributed by atoms with Crippen LogP contribution < -0.4 is 5.32 Å². The third-order valence-corrected chi connectivity index (χ3v) is 5.06. The molecule has 0 aliphatic carbocycles. The van der Waals surface area contributed by atoms with Gasteiger partial charge in [-0.1, -0.05) is 49.7 Å². The first kappa shape index (κ1) is 17.6. The van der Waals surface area contributed by atoms with E-state index in [-0.39, 0.29) is 5.91 Å². The Bertz CT molecular complexity index is 707. The second-order valence-electron chi connectivity index (χ2n) is 6.30. The fourth-order valence-electron chi connectivity index (χ4n) is 2.62. The van der Waals surface area contributed by atoms with Gasteiger partial charge in [-0.25, -0.2) is 0 Å². The normalized spacial score (nSPS) is 10.9. The van der Waals surface area contributed by atoms with Crippen molar-refractivity contribution in [1.29, 1.82) is 0 Å². The van der Waals surface area contributed by atoms with Crippen LogP contribution in [0.25, 0.3) is 0 Å². The van der Waals surface area contributed by atoms with Crippen molar-refractivity contribution >= 4 is 23.4 Å². The number of nitrogens with one attached hydrogen (secondary N) is 1. The van der Waals surface area contributed by atoms with E-state index in [2.05, 4.69) is 57.3 Å². The first-order valence-corrected chi connectivity index (χ1v) is 8.96. The van der Waals surface area contributed by atoms with E-state index >= 15 is 0 Å². The summed E-state index contributed by atoms with van der Waals surface area (Å²) in [5.74, 6) is 0.860. The Morgan fingerprint density at radius 1 is 1.09 bits per heavy atom. The Hall–Kier alpha value is -1.74. The minimum atomic E-state index is 0.0474. The number of para-hydroxylation sites is 1. The zero-order valence-electron chi connectivity index (χ0n) is 14.6. The molecule has 0 heterocycles. The quantitative estimate of drug-likeness (QED) is 0.738. The minimum Gasteiger partial charge on any atom is -0.325 e. The van der Waals surface area contributed by atoms with Crippen LogP contribution in [0.1, 0.15) is 42.0 Å². The Kier molecular flexibility index (Phi) is 5.89. The predicted octanol–water partition coefficient (Wildman–Crippen LogP) is 5.47. The third kappa shape index (κ3) is 4.61. The van der Waals surface area contributed by atoms with Gasteiger partial charge < -0.3 is 5.32 Å². The van der Waals surface area contributed by atoms with Crippen molar-refractivity contribution < 1.29 is 4.79 Å². The molecule has 1 amide bonds. The van der Waals surface area contributed by atoms with Crippen LogP contribution in [0.15, 0.2) is 41.3 Å². The van der Waals surface area contributed by atoms with Gasteiger partial charge in [-0.3, -0.25) is 4.79 Å². The number of anilines is 1. The number of thioether (sulfide) groups is 1. The van der Waals surface area contributed by atoms with Gasteiger partial charge in [0.2, 0.25) is 5.91 Å². The van der Waals surface area contributed by atoms with Crippen molar-refractivity contribution in [3.05, 3.63) is 58.7 Å². The van der Waals surface area contributed by atoms with Crippen molar-refractivity contribution in [3.63, 3.8) is 0 Å². The molecule has 0 saturated heterocycles. The lowest BCUT2D eigenvalue weighted by molar-refractivity contribution is -0.113. The molecule has 0 aliphatic heterocycles. The number of benzene rings is 2. The highest BCUT2D eigenvalue weighted by molar-refractivity contribution is 8.00. The molecule has 0 unspecified atom stereocenters. The highest BCUT2D eigenvalue weighted by Gasteiger charge is 2.12. The second-order valence-corrected chi connectivity index (χ2v) is 7.32. The van der Waals surface area contributed by atoms with Crippen LogP contribution in [0, 0.1) is 20.8 Å². The Balaban J connectivity index is 2.06. The zero-order valence-corrected chi connectivity index (χ0v) is 15.4. The molecule has 0 aromatic heterocycles. The van der Waals surface area contributed by atoms with Crippen molar-refractivity contribution in [3.8, 4) is 0 Å². The molecular formula is C20H25NOS. The molecule has 3 heteroatoms. The van der Waals surface area contributed by atoms with Gasteiger partial charge in [-0.15, -0.1) is 11.8 Å². The molecule has 0 fully saturated rings. The summed E-state index contributed by atoms with van der Waals surface area (Å²) in [4.78, 5) is 13.5. The molecule has 0 bridgehead atoms. The van der Waals surface area contributed by atoms with Crippen LogP contribution in [-0.2, 0) is 4.79 Å². The third-order valence-electron chi connectivity index (χ3n) is 3.88. The van der Waals surface area contributed by atoms with Crippen LogP contribution >= 0.6 is 11.8 Å². The van der Waals surface area contributed by atoms with E-state index in [4.69, 9.17) is 0 Å². The smallest absolute Gasteiger partial charge is 0.234 e. The topological polar surface area (TPSA) is 29.1 Å². The molecule has 0 saturated carbocycles. The lowest BCUT2D eigenvalue weighted by Crippen LogP contribution is -2.16. The summed E-state index contributed by atoms with van der Waals surface area (Å²) in [6.07, 6.45) is 0. The number of rotatable bonds is 5. The highest BCUT2D eigenvalue weighted by Crippen LogP contribution is 2.28. The molecule has 2 aromatic carbocycles. The molecule has 0 spiro atoms. The van der Waals surface area contributed by atoms with Gasteiger partial charge >= 0.3 is 0 Å². The molecule has 2 nitrogen and oxygen atoms in total. The van der Waals surface area contributed by atoms with E-state index in [0.717, 1.165) is 11.3 Å². The van der Waals surface area contributed by atoms with E-state index < -0.39 is 0 Å². The summed E-state index contributed by atoms with van der Waals surface area (Å²) >= 11 is 1.59. The maximum absolute atomic E-state index is 12.4. The van der Waals surface area contributed by atoms with Gasteiger partial charge in [-0.05, 0) is 49.4 Å². The van der Waals surface area contributed by atoms with E-state index in [1.807, 2.05) is 19.1 Å². The lowest BCUT2D eigenvalue weighted by atomic mass is 9.98. The maximum atomic E-state index is 12.4. The minimum absolute atomic E-state index is 0.0474. The Morgan fingerprint density at radius 2 is 1.83 bits per heavy atom. The number of hydrogen-bond acceptors (Lipinski definition) is 2. The van der Waals surface area contributed by atoms with Gasteiger partial charge in [0.15, 0.2) is 0 Å². The second kappa shape index (κ2) is 7.69. The summed E-state index contributed by atoms with van der Waals surface area (Å²) < 4.78 is 0. The molecule has 0 aliphatic rings. The number of amides is 1. The maximum Gasteiger partial charge on any atom is 0.234 e. The van der Waals surface area contributed by atoms with E-state index in [0.29, 0.717) is 11.7 Å². The first-order chi connectivity index (χ1) is 10.9. The standard InChI is InChI=1S/C20H25NOS/c1-13(2)17-8-6-7-15(4)20(17)21-19(22)12-23-18-10-9-14(3)11-16(18)5/h6-11,13H,12H2,1-5H3,(H,21,22). The number of carbonyl (C=O) groups excluding carboxylic acids is 1. The Labute approximate surface area is 143 Å². The summed E-state index contributed by atoms with van der Waals surface area (Å²) in [6, 6.07) is 12.5. The van der Waals surface area contributed by atoms with Gasteiger partial charge in [0.25, 0.3) is 0 Å². The van der Waals surface area contributed by atoms with Gasteiger partial charge in [-0.2, -0.15) is 0 Å². The van der Waals surface area contributed by atoms with Crippen molar-refractivity contribution in [2.75, 3.05) is 11.1 Å². The van der Waals surface area contributed by atoms with E-state index in [1.54, 1.807) is 11.8 Å². The molecule has 23 heavy (non-hydrogen) atoms. The Morgan fingerprint density at radius 3 is 2.48 bits per heavy atom. The number of aryl methyl sites for hydroxylation is 3. The van der Waals surface area contributed by atoms with E-state index in [1.165, 1.54) is 21.6 Å². The summed E-state index contributed by atoms with van der Waals surface area (Å²) in [5, 5.41) is 3.10. The average Bonchev–Trinajstić information content (AvgIpc) is 2.48. The molecule has 2 aromatic rings. The van der Waals surface area contributed by atoms with Gasteiger partial charge in [0.1, 0.15) is 0 Å². The van der Waals surface area contributed by atoms with Gasteiger partial charge in [0.05, 0.1) is 5.75 Å². The summed E-state index contributed by atoms with van der Waals surface area (Å²) in [7, 11) is 0. The van der Waals surface area contributed by atoms with Crippen molar-refractivity contribution in [2.24, 2.45) is 0 Å². The molecule has 2 rings (SSSR count). The van der Waals surface area contributed by atoms with Crippen LogP contribution in [0.4, 0.5) is 5.69 Å². The summed E-state index contributed by atoms with van der Waals surface area (Å²) in [5.41, 5.74) is 5.74. The van der Waals surface area contributed by atoms with Crippen LogP contribution in [-0.4, -0.2) is 11.7 Å². The molecule has 0 atom stereocenters. The monoisotopic (exact) mass is 327 g/mol. The molecule has 0 radical (unpaired) electrons. The van der Waals surface area contributed by atoms with Crippen molar-refractivity contribution in [2.45, 2.75) is 45.4 Å². The fourth-order valence-corrected chi connectivity index (χ4v) is 3.43. The first-order valence-electron chi connectivity index (χ1n) is 7.98. The molecule has 1 N–H and O–H groups in total. The largest absolute Gasteiger partial charge is 0.325 e. The van der Waals surface area contributed by atoms with Gasteiger partial charge in [0, 0.05) is 10.6 Å². The number of hydrogen-bond donors (Lipinski definition) is 1. The predicted molar refractivity (Wildman–Crippen MR) is 101 cm³/mol. The highest BCUT2D eigenvalue weighted by atomic mass is 32.2. The molecular weight excluding hydrogens is 302 g/mol. The lowest BCUT2D eigenvalue weighted by Gasteiger charge is -2.16. The zero-order chi connectivity index (χ0) is 17.0. The average molecular weight is 327 g/mol. The van der Waals surface area contributed by atoms with Crippen LogP contribution in [0.5, 0.6) is 0 Å². The fraction of sp³-hybridized carbons (Fsp3) is 0.350. The van der Waals surface area contributed by atoms with Crippen molar-refractivity contribution in [1.82, 2.24) is 0 Å². The van der Waals surface area contributed by atoms with Crippen LogP contribution in [0.2, 0.25) is 0 Å². The van der Waals surface area contributed by atoms with Crippen LogP contribution in [0.3, 0.4) is 0 Å². The number of carbonyl (C=O) groups is 1. The SMILES string of the molecule is Cc1ccc(SCC(=O)Nc2c(C)cccc2C(C)C)c(C)c1.